The fourth-order valence-electron chi connectivity index (χ4n) is 3.15. The number of hydrogen-bond donors (Lipinski definition) is 0. The second-order valence-corrected chi connectivity index (χ2v) is 9.11. The summed E-state index contributed by atoms with van der Waals surface area (Å²) in [4.78, 5) is 24.6. The minimum atomic E-state index is -3.22. The molecule has 1 saturated heterocycles. The summed E-state index contributed by atoms with van der Waals surface area (Å²) in [6.45, 7) is 7.76. The average Bonchev–Trinajstić information content (AvgIpc) is 2.62. The minimum Gasteiger partial charge on any atom is -0.457 e. The molecule has 0 amide bonds. The topological polar surface area (TPSA) is 80.8 Å². The number of nitrogens with zero attached hydrogens (tertiary/aromatic N) is 1. The largest absolute Gasteiger partial charge is 0.457 e. The van der Waals surface area contributed by atoms with Crippen molar-refractivity contribution in [2.45, 2.75) is 40.5 Å². The van der Waals surface area contributed by atoms with Crippen LogP contribution < -0.4 is 0 Å². The zero-order chi connectivity index (χ0) is 19.5. The van der Waals surface area contributed by atoms with E-state index in [0.29, 0.717) is 31.5 Å². The second kappa shape index (κ2) is 8.31. The Balaban J connectivity index is 1.90. The fourth-order valence-corrected chi connectivity index (χ4v) is 4.28. The van der Waals surface area contributed by atoms with Crippen molar-refractivity contribution in [1.29, 1.82) is 0 Å². The first kappa shape index (κ1) is 20.6. The van der Waals surface area contributed by atoms with Crippen LogP contribution >= 0.6 is 0 Å². The van der Waals surface area contributed by atoms with Crippen LogP contribution in [0, 0.1) is 26.7 Å². The molecule has 0 aromatic heterocycles. The van der Waals surface area contributed by atoms with Crippen LogP contribution in [0.5, 0.6) is 0 Å². The highest BCUT2D eigenvalue weighted by molar-refractivity contribution is 7.89. The Morgan fingerprint density at radius 3 is 2.23 bits per heavy atom. The van der Waals surface area contributed by atoms with Crippen molar-refractivity contribution in [3.05, 3.63) is 34.4 Å². The number of sulfonamides is 1. The standard InChI is InChI=1S/C19H27NO5S/c1-5-26(23,24)20-8-6-16(7-9-20)19(22)25-12-18(21)17-11-14(3)13(2)10-15(17)4/h10-11,16H,5-9,12H2,1-4H3. The number of ether oxygens (including phenoxy) is 1. The van der Waals surface area contributed by atoms with Gasteiger partial charge in [-0.2, -0.15) is 0 Å². The molecule has 144 valence electrons. The van der Waals surface area contributed by atoms with E-state index in [9.17, 15) is 18.0 Å². The molecule has 0 spiro atoms. The van der Waals surface area contributed by atoms with Crippen LogP contribution in [0.1, 0.15) is 46.8 Å². The maximum Gasteiger partial charge on any atom is 0.309 e. The normalized spacial score (nSPS) is 16.5. The third kappa shape index (κ3) is 4.71. The van der Waals surface area contributed by atoms with Gasteiger partial charge in [0.1, 0.15) is 0 Å². The highest BCUT2D eigenvalue weighted by Crippen LogP contribution is 2.21. The Labute approximate surface area is 155 Å². The van der Waals surface area contributed by atoms with Crippen molar-refractivity contribution in [2.24, 2.45) is 5.92 Å². The van der Waals surface area contributed by atoms with Gasteiger partial charge in [-0.15, -0.1) is 0 Å². The molecule has 1 fully saturated rings. The predicted octanol–water partition coefficient (Wildman–Crippen LogP) is 2.40. The third-order valence-corrected chi connectivity index (χ3v) is 6.91. The Hall–Kier alpha value is -1.73. The van der Waals surface area contributed by atoms with Crippen LogP contribution in [0.25, 0.3) is 0 Å². The number of rotatable bonds is 6. The Kier molecular flexibility index (Phi) is 6.58. The van der Waals surface area contributed by atoms with E-state index >= 15 is 0 Å². The highest BCUT2D eigenvalue weighted by Gasteiger charge is 2.31. The molecule has 0 bridgehead atoms. The van der Waals surface area contributed by atoms with Gasteiger partial charge in [0.15, 0.2) is 6.61 Å². The first-order valence-corrected chi connectivity index (χ1v) is 10.5. The second-order valence-electron chi connectivity index (χ2n) is 6.86. The van der Waals surface area contributed by atoms with E-state index in [0.717, 1.165) is 16.7 Å². The van der Waals surface area contributed by atoms with Crippen molar-refractivity contribution in [2.75, 3.05) is 25.4 Å². The first-order valence-electron chi connectivity index (χ1n) is 8.91. The fraction of sp³-hybridized carbons (Fsp3) is 0.579. The van der Waals surface area contributed by atoms with E-state index in [-0.39, 0.29) is 24.1 Å². The van der Waals surface area contributed by atoms with E-state index in [1.165, 1.54) is 4.31 Å². The molecule has 1 aliphatic heterocycles. The molecule has 0 radical (unpaired) electrons. The van der Waals surface area contributed by atoms with E-state index in [1.807, 2.05) is 32.9 Å². The van der Waals surface area contributed by atoms with Gasteiger partial charge < -0.3 is 4.74 Å². The lowest BCUT2D eigenvalue weighted by Crippen LogP contribution is -2.41. The Bertz CT molecular complexity index is 792. The smallest absolute Gasteiger partial charge is 0.309 e. The van der Waals surface area contributed by atoms with Crippen LogP contribution in [-0.2, 0) is 19.6 Å². The van der Waals surface area contributed by atoms with Crippen molar-refractivity contribution in [1.82, 2.24) is 4.31 Å². The van der Waals surface area contributed by atoms with Gasteiger partial charge in [-0.3, -0.25) is 9.59 Å². The number of hydrogen-bond acceptors (Lipinski definition) is 5. The van der Waals surface area contributed by atoms with Gasteiger partial charge in [-0.05, 0) is 63.3 Å². The molecule has 2 rings (SSSR count). The molecule has 6 nitrogen and oxygen atoms in total. The molecular weight excluding hydrogens is 354 g/mol. The number of carbonyl (C=O) groups is 2. The molecule has 0 saturated carbocycles. The molecular formula is C19H27NO5S. The summed E-state index contributed by atoms with van der Waals surface area (Å²) >= 11 is 0. The molecule has 1 aliphatic rings. The zero-order valence-corrected chi connectivity index (χ0v) is 16.7. The number of carbonyl (C=O) groups excluding carboxylic acids is 2. The van der Waals surface area contributed by atoms with Gasteiger partial charge in [-0.1, -0.05) is 6.07 Å². The van der Waals surface area contributed by atoms with Crippen LogP contribution in [0.4, 0.5) is 0 Å². The average molecular weight is 381 g/mol. The van der Waals surface area contributed by atoms with Gasteiger partial charge in [0.05, 0.1) is 11.7 Å². The number of Topliss-reactive ketones (excluding diaryl/α,β-unsaturated/α-hetero) is 1. The van der Waals surface area contributed by atoms with Gasteiger partial charge in [0, 0.05) is 18.7 Å². The Morgan fingerprint density at radius 2 is 1.65 bits per heavy atom. The summed E-state index contributed by atoms with van der Waals surface area (Å²) in [6.07, 6.45) is 0.851. The molecule has 0 aliphatic carbocycles. The van der Waals surface area contributed by atoms with Gasteiger partial charge >= 0.3 is 5.97 Å². The maximum absolute atomic E-state index is 12.4. The van der Waals surface area contributed by atoms with Crippen LogP contribution in [0.3, 0.4) is 0 Å². The summed E-state index contributed by atoms with van der Waals surface area (Å²) in [6, 6.07) is 3.78. The molecule has 7 heteroatoms. The summed E-state index contributed by atoms with van der Waals surface area (Å²) in [5, 5.41) is 0. The monoisotopic (exact) mass is 381 g/mol. The van der Waals surface area contributed by atoms with Crippen LogP contribution in [0.15, 0.2) is 12.1 Å². The lowest BCUT2D eigenvalue weighted by molar-refractivity contribution is -0.148. The summed E-state index contributed by atoms with van der Waals surface area (Å²) in [5.41, 5.74) is 3.58. The predicted molar refractivity (Wildman–Crippen MR) is 99.7 cm³/mol. The van der Waals surface area contributed by atoms with Crippen LogP contribution in [-0.4, -0.2) is 49.9 Å². The number of benzene rings is 1. The summed E-state index contributed by atoms with van der Waals surface area (Å²) in [7, 11) is -3.22. The number of piperidine rings is 1. The van der Waals surface area contributed by atoms with Gasteiger partial charge in [0.25, 0.3) is 0 Å². The molecule has 1 aromatic rings. The van der Waals surface area contributed by atoms with Gasteiger partial charge in [-0.25, -0.2) is 12.7 Å². The van der Waals surface area contributed by atoms with Crippen molar-refractivity contribution in [3.63, 3.8) is 0 Å². The van der Waals surface area contributed by atoms with E-state index < -0.39 is 16.0 Å². The maximum atomic E-state index is 12.4. The van der Waals surface area contributed by atoms with E-state index in [1.54, 1.807) is 6.92 Å². The number of esters is 1. The quantitative estimate of drug-likeness (QED) is 0.558. The SMILES string of the molecule is CCS(=O)(=O)N1CCC(C(=O)OCC(=O)c2cc(C)c(C)cc2C)CC1. The van der Waals surface area contributed by atoms with Crippen molar-refractivity contribution < 1.29 is 22.7 Å². The lowest BCUT2D eigenvalue weighted by Gasteiger charge is -2.29. The summed E-state index contributed by atoms with van der Waals surface area (Å²) < 4.78 is 30.3. The third-order valence-electron chi connectivity index (χ3n) is 5.03. The Morgan fingerprint density at radius 1 is 1.08 bits per heavy atom. The molecule has 0 unspecified atom stereocenters. The van der Waals surface area contributed by atoms with Crippen molar-refractivity contribution >= 4 is 21.8 Å². The molecule has 26 heavy (non-hydrogen) atoms. The molecule has 1 heterocycles. The molecule has 1 aromatic carbocycles. The number of aryl methyl sites for hydroxylation is 3. The van der Waals surface area contributed by atoms with E-state index in [4.69, 9.17) is 4.74 Å². The molecule has 0 N–H and O–H groups in total. The number of ketones is 1. The molecule has 0 atom stereocenters. The zero-order valence-electron chi connectivity index (χ0n) is 15.9. The van der Waals surface area contributed by atoms with Crippen LogP contribution in [0.2, 0.25) is 0 Å². The highest BCUT2D eigenvalue weighted by atomic mass is 32.2. The van der Waals surface area contributed by atoms with E-state index in [2.05, 4.69) is 0 Å². The summed E-state index contributed by atoms with van der Waals surface area (Å²) in [5.74, 6) is -0.934. The van der Waals surface area contributed by atoms with Gasteiger partial charge in [0.2, 0.25) is 15.8 Å². The van der Waals surface area contributed by atoms with Crippen molar-refractivity contribution in [3.8, 4) is 0 Å². The minimum absolute atomic E-state index is 0.0614. The first-order chi connectivity index (χ1) is 12.2. The lowest BCUT2D eigenvalue weighted by atomic mass is 9.97.